The van der Waals surface area contributed by atoms with E-state index in [1.807, 2.05) is 0 Å². The number of aromatic nitrogens is 1. The van der Waals surface area contributed by atoms with Gasteiger partial charge in [0, 0.05) is 31.2 Å². The van der Waals surface area contributed by atoms with Crippen LogP contribution >= 0.6 is 11.3 Å². The number of benzene rings is 1. The quantitative estimate of drug-likeness (QED) is 0.585. The van der Waals surface area contributed by atoms with Crippen LogP contribution in [0.1, 0.15) is 54.9 Å². The Kier molecular flexibility index (Phi) is 6.72. The zero-order valence-corrected chi connectivity index (χ0v) is 17.7. The van der Waals surface area contributed by atoms with Gasteiger partial charge >= 0.3 is 0 Å². The van der Waals surface area contributed by atoms with Gasteiger partial charge < -0.3 is 15.5 Å². The van der Waals surface area contributed by atoms with Crippen LogP contribution in [0.4, 0.5) is 5.69 Å². The molecule has 146 valence electrons. The van der Waals surface area contributed by atoms with E-state index in [0.717, 1.165) is 36.2 Å². The first-order valence-corrected chi connectivity index (χ1v) is 10.7. The highest BCUT2D eigenvalue weighted by molar-refractivity contribution is 7.09. The zero-order valence-electron chi connectivity index (χ0n) is 16.9. The zero-order chi connectivity index (χ0) is 19.2. The Balaban J connectivity index is 1.63. The largest absolute Gasteiger partial charge is 0.374 e. The number of rotatable bonds is 6. The third-order valence-electron chi connectivity index (χ3n) is 4.83. The third-order valence-corrected chi connectivity index (χ3v) is 5.69. The lowest BCUT2D eigenvalue weighted by Crippen LogP contribution is -2.36. The lowest BCUT2D eigenvalue weighted by Gasteiger charge is -2.27. The van der Waals surface area contributed by atoms with Crippen LogP contribution in [0.2, 0.25) is 0 Å². The van der Waals surface area contributed by atoms with Crippen LogP contribution in [-0.4, -0.2) is 31.1 Å². The Bertz CT molecular complexity index is 781. The van der Waals surface area contributed by atoms with Crippen molar-refractivity contribution in [2.75, 3.05) is 25.0 Å². The lowest BCUT2D eigenvalue weighted by molar-refractivity contribution is 0.742. The maximum absolute atomic E-state index is 4.77. The summed E-state index contributed by atoms with van der Waals surface area (Å²) >= 11 is 1.71. The first-order valence-electron chi connectivity index (χ1n) is 9.86. The summed E-state index contributed by atoms with van der Waals surface area (Å²) < 4.78 is 0. The summed E-state index contributed by atoms with van der Waals surface area (Å²) in [5.41, 5.74) is 5.23. The fourth-order valence-corrected chi connectivity index (χ4v) is 4.18. The highest BCUT2D eigenvalue weighted by Gasteiger charge is 2.13. The van der Waals surface area contributed by atoms with Crippen molar-refractivity contribution in [1.29, 1.82) is 0 Å². The molecule has 2 aromatic rings. The van der Waals surface area contributed by atoms with Crippen molar-refractivity contribution in [1.82, 2.24) is 15.6 Å². The maximum atomic E-state index is 4.77. The minimum atomic E-state index is 0.472. The second kappa shape index (κ2) is 9.22. The molecule has 0 saturated heterocycles. The van der Waals surface area contributed by atoms with Crippen molar-refractivity contribution in [3.63, 3.8) is 0 Å². The van der Waals surface area contributed by atoms with E-state index in [-0.39, 0.29) is 0 Å². The number of anilines is 1. The van der Waals surface area contributed by atoms with Gasteiger partial charge in [0.05, 0.1) is 18.8 Å². The van der Waals surface area contributed by atoms with Crippen molar-refractivity contribution in [3.8, 4) is 0 Å². The van der Waals surface area contributed by atoms with Crippen molar-refractivity contribution in [2.45, 2.75) is 52.6 Å². The SMILES string of the molecule is CCNC(=NCc1ccc2c(c1)CCCN2C)NCc1nc(C(C)C)cs1. The van der Waals surface area contributed by atoms with E-state index in [4.69, 9.17) is 4.99 Å². The van der Waals surface area contributed by atoms with Gasteiger partial charge in [-0.3, -0.25) is 0 Å². The topological polar surface area (TPSA) is 52.6 Å². The van der Waals surface area contributed by atoms with Gasteiger partial charge in [0.15, 0.2) is 5.96 Å². The van der Waals surface area contributed by atoms with Gasteiger partial charge in [-0.25, -0.2) is 9.98 Å². The molecule has 0 fully saturated rings. The molecule has 0 aliphatic carbocycles. The molecular weight excluding hydrogens is 354 g/mol. The molecule has 0 atom stereocenters. The normalized spacial score (nSPS) is 14.4. The lowest BCUT2D eigenvalue weighted by atomic mass is 10.00. The number of hydrogen-bond donors (Lipinski definition) is 2. The highest BCUT2D eigenvalue weighted by atomic mass is 32.1. The van der Waals surface area contributed by atoms with Crippen LogP contribution in [0.25, 0.3) is 0 Å². The number of fused-ring (bicyclic) bond motifs is 1. The van der Waals surface area contributed by atoms with Gasteiger partial charge in [0.1, 0.15) is 5.01 Å². The molecule has 0 unspecified atom stereocenters. The minimum Gasteiger partial charge on any atom is -0.374 e. The summed E-state index contributed by atoms with van der Waals surface area (Å²) in [4.78, 5) is 11.8. The Hall–Kier alpha value is -2.08. The Morgan fingerprint density at radius 1 is 1.33 bits per heavy atom. The molecule has 0 bridgehead atoms. The van der Waals surface area contributed by atoms with E-state index in [1.54, 1.807) is 11.3 Å². The summed E-state index contributed by atoms with van der Waals surface area (Å²) in [5.74, 6) is 1.31. The van der Waals surface area contributed by atoms with Gasteiger partial charge in [-0.15, -0.1) is 11.3 Å². The van der Waals surface area contributed by atoms with Crippen LogP contribution in [0.15, 0.2) is 28.6 Å². The third kappa shape index (κ3) is 5.22. The van der Waals surface area contributed by atoms with E-state index >= 15 is 0 Å². The average Bonchev–Trinajstić information content (AvgIpc) is 3.13. The van der Waals surface area contributed by atoms with E-state index < -0.39 is 0 Å². The van der Waals surface area contributed by atoms with Gasteiger partial charge in [0.25, 0.3) is 0 Å². The Labute approximate surface area is 166 Å². The molecule has 0 saturated carbocycles. The number of nitrogens with zero attached hydrogens (tertiary/aromatic N) is 3. The van der Waals surface area contributed by atoms with Crippen molar-refractivity contribution >= 4 is 23.0 Å². The first-order chi connectivity index (χ1) is 13.1. The molecule has 2 N–H and O–H groups in total. The number of aryl methyl sites for hydroxylation is 1. The van der Waals surface area contributed by atoms with E-state index in [0.29, 0.717) is 19.0 Å². The Morgan fingerprint density at radius 3 is 2.93 bits per heavy atom. The molecule has 3 rings (SSSR count). The van der Waals surface area contributed by atoms with Crippen LogP contribution in [0.5, 0.6) is 0 Å². The average molecular weight is 386 g/mol. The predicted molar refractivity (Wildman–Crippen MR) is 116 cm³/mol. The first kappa shape index (κ1) is 19.7. The number of aliphatic imine (C=N–C) groups is 1. The van der Waals surface area contributed by atoms with Crippen LogP contribution in [0.3, 0.4) is 0 Å². The van der Waals surface area contributed by atoms with E-state index in [1.165, 1.54) is 23.2 Å². The molecular formula is C21H31N5S. The number of hydrogen-bond acceptors (Lipinski definition) is 4. The van der Waals surface area contributed by atoms with Crippen molar-refractivity contribution < 1.29 is 0 Å². The second-order valence-electron chi connectivity index (χ2n) is 7.36. The molecule has 1 aromatic carbocycles. The summed E-state index contributed by atoms with van der Waals surface area (Å²) in [6.45, 7) is 9.82. The maximum Gasteiger partial charge on any atom is 0.191 e. The summed E-state index contributed by atoms with van der Waals surface area (Å²) in [7, 11) is 2.17. The standard InChI is InChI=1S/C21H31N5S/c1-5-22-21(24-13-20-25-18(14-27-20)15(2)3)23-12-16-8-9-19-17(11-16)7-6-10-26(19)4/h8-9,11,14-15H,5-7,10,12-13H2,1-4H3,(H2,22,23,24). The van der Waals surface area contributed by atoms with Gasteiger partial charge in [0.2, 0.25) is 0 Å². The fourth-order valence-electron chi connectivity index (χ4n) is 3.28. The molecule has 5 nitrogen and oxygen atoms in total. The molecule has 2 heterocycles. The monoisotopic (exact) mass is 385 g/mol. The highest BCUT2D eigenvalue weighted by Crippen LogP contribution is 2.27. The molecule has 1 aliphatic rings. The predicted octanol–water partition coefficient (Wildman–Crippen LogP) is 3.90. The smallest absolute Gasteiger partial charge is 0.191 e. The molecule has 6 heteroatoms. The number of nitrogens with one attached hydrogen (secondary N) is 2. The molecule has 0 spiro atoms. The molecule has 27 heavy (non-hydrogen) atoms. The molecule has 1 aliphatic heterocycles. The summed E-state index contributed by atoms with van der Waals surface area (Å²) in [6.07, 6.45) is 2.39. The molecule has 0 amide bonds. The van der Waals surface area contributed by atoms with Crippen molar-refractivity contribution in [3.05, 3.63) is 45.4 Å². The van der Waals surface area contributed by atoms with E-state index in [2.05, 4.69) is 71.9 Å². The minimum absolute atomic E-state index is 0.472. The Morgan fingerprint density at radius 2 is 2.19 bits per heavy atom. The number of thiazole rings is 1. The summed E-state index contributed by atoms with van der Waals surface area (Å²) in [6, 6.07) is 6.75. The van der Waals surface area contributed by atoms with Crippen LogP contribution in [0, 0.1) is 0 Å². The van der Waals surface area contributed by atoms with Crippen LogP contribution in [-0.2, 0) is 19.5 Å². The van der Waals surface area contributed by atoms with E-state index in [9.17, 15) is 0 Å². The summed E-state index contributed by atoms with van der Waals surface area (Å²) in [5, 5.41) is 9.98. The van der Waals surface area contributed by atoms with Gasteiger partial charge in [-0.05, 0) is 42.9 Å². The molecule has 0 radical (unpaired) electrons. The van der Waals surface area contributed by atoms with Crippen molar-refractivity contribution in [2.24, 2.45) is 4.99 Å². The van der Waals surface area contributed by atoms with Gasteiger partial charge in [-0.2, -0.15) is 0 Å². The fraction of sp³-hybridized carbons (Fsp3) is 0.524. The van der Waals surface area contributed by atoms with Gasteiger partial charge in [-0.1, -0.05) is 26.0 Å². The second-order valence-corrected chi connectivity index (χ2v) is 8.30. The number of guanidine groups is 1. The molecule has 1 aromatic heterocycles. The van der Waals surface area contributed by atoms with Crippen LogP contribution < -0.4 is 15.5 Å².